The molecule has 39 heavy (non-hydrogen) atoms. The van der Waals surface area contributed by atoms with Crippen LogP contribution in [0.1, 0.15) is 50.0 Å². The van der Waals surface area contributed by atoms with Gasteiger partial charge in [0.15, 0.2) is 0 Å². The highest BCUT2D eigenvalue weighted by Crippen LogP contribution is 2.60. The number of methoxy groups -OCH3 is 2. The zero-order valence-corrected chi connectivity index (χ0v) is 21.9. The fourth-order valence-electron chi connectivity index (χ4n) is 4.73. The molecule has 0 saturated heterocycles. The number of carbonyl (C=O) groups is 2. The summed E-state index contributed by atoms with van der Waals surface area (Å²) in [6.07, 6.45) is -2.84. The third-order valence-corrected chi connectivity index (χ3v) is 8.40. The maximum absolute atomic E-state index is 14.6. The summed E-state index contributed by atoms with van der Waals surface area (Å²) >= 11 is 0. The van der Waals surface area contributed by atoms with Crippen LogP contribution in [0.3, 0.4) is 0 Å². The monoisotopic (exact) mass is 546 g/mol. The maximum Gasteiger partial charge on any atom is 0.341 e. The summed E-state index contributed by atoms with van der Waals surface area (Å²) in [6.45, 7) is 0. The molecule has 2 unspecified atom stereocenters. The summed E-state index contributed by atoms with van der Waals surface area (Å²) in [7, 11) is -1.21. The van der Waals surface area contributed by atoms with Crippen LogP contribution in [0, 0.1) is 0 Å². The van der Waals surface area contributed by atoms with Crippen molar-refractivity contribution in [3.8, 4) is 11.5 Å². The largest absolute Gasteiger partial charge is 0.497 e. The van der Waals surface area contributed by atoms with E-state index in [0.29, 0.717) is 28.2 Å². The predicted octanol–water partition coefficient (Wildman–Crippen LogP) is 6.32. The van der Waals surface area contributed by atoms with Gasteiger partial charge in [-0.3, -0.25) is 13.6 Å². The van der Waals surface area contributed by atoms with E-state index in [-0.39, 0.29) is 17.3 Å². The topological polar surface area (TPSA) is 107 Å². The normalized spacial score (nSPS) is 19.1. The predicted molar refractivity (Wildman–Crippen MR) is 140 cm³/mol. The lowest BCUT2D eigenvalue weighted by Gasteiger charge is -2.25. The van der Waals surface area contributed by atoms with Crippen LogP contribution in [0.4, 0.5) is 0 Å². The molecule has 0 aliphatic carbocycles. The van der Waals surface area contributed by atoms with Crippen molar-refractivity contribution in [3.63, 3.8) is 0 Å². The van der Waals surface area contributed by atoms with Gasteiger partial charge < -0.3 is 18.9 Å². The quantitative estimate of drug-likeness (QED) is 0.185. The first kappa shape index (κ1) is 25.1. The second-order valence-electron chi connectivity index (χ2n) is 9.00. The van der Waals surface area contributed by atoms with E-state index in [2.05, 4.69) is 0 Å². The van der Waals surface area contributed by atoms with Gasteiger partial charge in [0, 0.05) is 11.1 Å². The second kappa shape index (κ2) is 9.85. The lowest BCUT2D eigenvalue weighted by molar-refractivity contribution is -0.0759. The molecule has 2 aliphatic heterocycles. The number of cyclic esters (lactones) is 2. The van der Waals surface area contributed by atoms with E-state index in [1.165, 1.54) is 14.2 Å². The van der Waals surface area contributed by atoms with E-state index >= 15 is 0 Å². The molecule has 10 heteroatoms. The molecule has 0 aromatic heterocycles. The van der Waals surface area contributed by atoms with Crippen molar-refractivity contribution < 1.29 is 42.1 Å². The van der Waals surface area contributed by atoms with Gasteiger partial charge in [-0.2, -0.15) is 0 Å². The van der Waals surface area contributed by atoms with Crippen LogP contribution in [-0.2, 0) is 29.2 Å². The first-order valence-electron chi connectivity index (χ1n) is 12.1. The average Bonchev–Trinajstić information content (AvgIpc) is 3.42. The molecule has 0 amide bonds. The summed E-state index contributed by atoms with van der Waals surface area (Å²) in [4.78, 5) is 25.1. The van der Waals surface area contributed by atoms with E-state index < -0.39 is 32.1 Å². The Hall–Kier alpha value is -4.17. The lowest BCUT2D eigenvalue weighted by atomic mass is 10.1. The van der Waals surface area contributed by atoms with Crippen molar-refractivity contribution in [3.05, 3.63) is 107 Å². The zero-order chi connectivity index (χ0) is 27.1. The molecule has 4 aromatic carbocycles. The van der Waals surface area contributed by atoms with Crippen molar-refractivity contribution in [2.45, 2.75) is 18.7 Å². The number of hydrogen-bond acceptors (Lipinski definition) is 9. The van der Waals surface area contributed by atoms with Gasteiger partial charge in [-0.15, -0.1) is 0 Å². The zero-order valence-electron chi connectivity index (χ0n) is 21.0. The van der Waals surface area contributed by atoms with Crippen LogP contribution in [0.15, 0.2) is 78.9 Å². The number of benzene rings is 4. The molecule has 0 fully saturated rings. The fraction of sp³-hybridized carbons (Fsp3) is 0.172. The van der Waals surface area contributed by atoms with Crippen molar-refractivity contribution >= 4 is 30.3 Å². The van der Waals surface area contributed by atoms with E-state index in [1.54, 1.807) is 36.4 Å². The Morgan fingerprint density at radius 3 is 1.82 bits per heavy atom. The average molecular weight is 546 g/mol. The van der Waals surface area contributed by atoms with Crippen molar-refractivity contribution in [1.82, 2.24) is 0 Å². The number of esters is 2. The molecule has 2 atom stereocenters. The van der Waals surface area contributed by atoms with E-state index in [0.717, 1.165) is 10.8 Å². The van der Waals surface area contributed by atoms with E-state index in [4.69, 9.17) is 28.0 Å². The number of carbonyl (C=O) groups excluding carboxylic acids is 2. The van der Waals surface area contributed by atoms with Crippen LogP contribution in [0.25, 0.3) is 10.8 Å². The third kappa shape index (κ3) is 4.65. The van der Waals surface area contributed by atoms with Crippen LogP contribution in [0.2, 0.25) is 0 Å². The molecule has 0 saturated carbocycles. The maximum atomic E-state index is 14.6. The van der Waals surface area contributed by atoms with Crippen molar-refractivity contribution in [2.75, 3.05) is 14.2 Å². The molecule has 0 spiro atoms. The van der Waals surface area contributed by atoms with Gasteiger partial charge in [0.05, 0.1) is 31.5 Å². The minimum absolute atomic E-state index is 0.185. The minimum Gasteiger partial charge on any atom is -0.497 e. The van der Waals surface area contributed by atoms with Gasteiger partial charge in [0.25, 0.3) is 0 Å². The second-order valence-corrected chi connectivity index (χ2v) is 11.0. The molecule has 198 valence electrons. The first-order valence-corrected chi connectivity index (χ1v) is 13.8. The standard InChI is InChI=1S/C29H23O9P/c1-33-19-10-12-22-24(14-19)28(35-26(22)30)37-39(32,16-18-8-5-7-17-6-3-4-9-21(17)18)38-29-25-15-20(34-2)11-13-23(25)27(31)36-29/h3-15,28-29H,16H2,1-2H3. The van der Waals surface area contributed by atoms with Crippen LogP contribution >= 0.6 is 7.60 Å². The van der Waals surface area contributed by atoms with Gasteiger partial charge in [-0.05, 0) is 52.7 Å². The molecule has 6 rings (SSSR count). The number of hydrogen-bond donors (Lipinski definition) is 0. The molecule has 0 N–H and O–H groups in total. The van der Waals surface area contributed by atoms with Crippen molar-refractivity contribution in [1.29, 1.82) is 0 Å². The van der Waals surface area contributed by atoms with Crippen LogP contribution in [0.5, 0.6) is 11.5 Å². The van der Waals surface area contributed by atoms with Gasteiger partial charge in [0.1, 0.15) is 11.5 Å². The smallest absolute Gasteiger partial charge is 0.341 e. The SMILES string of the molecule is COc1ccc2c(c1)C(OP(=O)(Cc1cccc3ccccc13)OC1OC(=O)c3ccc(OC)cc31)OC2=O. The molecule has 0 bridgehead atoms. The summed E-state index contributed by atoms with van der Waals surface area (Å²) in [5.74, 6) is -0.319. The summed E-state index contributed by atoms with van der Waals surface area (Å²) in [5.41, 5.74) is 1.92. The summed E-state index contributed by atoms with van der Waals surface area (Å²) in [6, 6.07) is 22.7. The Morgan fingerprint density at radius 2 is 1.26 bits per heavy atom. The summed E-state index contributed by atoms with van der Waals surface area (Å²) < 4.78 is 48.1. The van der Waals surface area contributed by atoms with Crippen LogP contribution in [-0.4, -0.2) is 26.2 Å². The Kier molecular flexibility index (Phi) is 6.35. The fourth-order valence-corrected chi connectivity index (χ4v) is 6.52. The highest BCUT2D eigenvalue weighted by atomic mass is 31.2. The van der Waals surface area contributed by atoms with Gasteiger partial charge >= 0.3 is 19.5 Å². The van der Waals surface area contributed by atoms with Gasteiger partial charge in [-0.25, -0.2) is 9.59 Å². The molecule has 0 radical (unpaired) electrons. The molecule has 4 aromatic rings. The highest BCUT2D eigenvalue weighted by molar-refractivity contribution is 7.53. The van der Waals surface area contributed by atoms with E-state index in [9.17, 15) is 14.2 Å². The number of fused-ring (bicyclic) bond motifs is 3. The minimum atomic E-state index is -4.19. The Morgan fingerprint density at radius 1 is 0.718 bits per heavy atom. The van der Waals surface area contributed by atoms with E-state index in [1.807, 2.05) is 42.5 Å². The summed E-state index contributed by atoms with van der Waals surface area (Å²) in [5, 5.41) is 1.79. The number of rotatable bonds is 8. The molecule has 9 nitrogen and oxygen atoms in total. The van der Waals surface area contributed by atoms with Gasteiger partial charge in [0.2, 0.25) is 12.6 Å². The van der Waals surface area contributed by atoms with Crippen molar-refractivity contribution in [2.24, 2.45) is 0 Å². The Balaban J connectivity index is 1.40. The molecular formula is C29H23O9P. The lowest BCUT2D eigenvalue weighted by Crippen LogP contribution is -2.10. The molecule has 2 aliphatic rings. The highest BCUT2D eigenvalue weighted by Gasteiger charge is 2.43. The van der Waals surface area contributed by atoms with Crippen LogP contribution < -0.4 is 9.47 Å². The Labute approximate surface area is 223 Å². The Bertz CT molecular complexity index is 1580. The third-order valence-electron chi connectivity index (χ3n) is 6.65. The molecule has 2 heterocycles. The molecular weight excluding hydrogens is 523 g/mol. The van der Waals surface area contributed by atoms with Gasteiger partial charge in [-0.1, -0.05) is 42.5 Å². The first-order chi connectivity index (χ1) is 18.9. The number of ether oxygens (including phenoxy) is 4.